The highest BCUT2D eigenvalue weighted by atomic mass is 16.5. The number of ether oxygens (including phenoxy) is 1. The van der Waals surface area contributed by atoms with Gasteiger partial charge in [-0.3, -0.25) is 4.99 Å². The van der Waals surface area contributed by atoms with E-state index in [1.165, 1.54) is 38.9 Å². The molecule has 1 aliphatic rings. The lowest BCUT2D eigenvalue weighted by Crippen LogP contribution is -2.40. The Morgan fingerprint density at radius 2 is 1.88 bits per heavy atom. The average molecular weight is 355 g/mol. The largest absolute Gasteiger partial charge is 0.378 e. The standard InChI is InChI=1S/C20H42N4O/c1-6-13-24-14-10-18(11-15-24)16-23-20(21-7-2)22-12-9-19(17(4)5)25-8-3/h17-19H,6-16H2,1-5H3,(H2,21,22,23). The highest BCUT2D eigenvalue weighted by Gasteiger charge is 2.18. The van der Waals surface area contributed by atoms with Gasteiger partial charge in [0.15, 0.2) is 5.96 Å². The topological polar surface area (TPSA) is 48.9 Å². The van der Waals surface area contributed by atoms with Gasteiger partial charge in [-0.15, -0.1) is 0 Å². The van der Waals surface area contributed by atoms with Gasteiger partial charge in [0, 0.05) is 26.2 Å². The third-order valence-corrected chi connectivity index (χ3v) is 4.94. The minimum atomic E-state index is 0.322. The predicted octanol–water partition coefficient (Wildman–Crippen LogP) is 3.11. The first-order valence-corrected chi connectivity index (χ1v) is 10.5. The lowest BCUT2D eigenvalue weighted by molar-refractivity contribution is 0.0258. The molecule has 1 unspecified atom stereocenters. The summed E-state index contributed by atoms with van der Waals surface area (Å²) in [4.78, 5) is 7.42. The molecule has 25 heavy (non-hydrogen) atoms. The Kier molecular flexibility index (Phi) is 11.9. The number of piperidine rings is 1. The number of aliphatic imine (C=N–C) groups is 1. The monoisotopic (exact) mass is 354 g/mol. The average Bonchev–Trinajstić information content (AvgIpc) is 2.60. The molecule has 1 saturated heterocycles. The van der Waals surface area contributed by atoms with Crippen molar-refractivity contribution in [1.29, 1.82) is 0 Å². The molecule has 0 amide bonds. The molecule has 5 nitrogen and oxygen atoms in total. The summed E-state index contributed by atoms with van der Waals surface area (Å²) in [7, 11) is 0. The van der Waals surface area contributed by atoms with E-state index in [-0.39, 0.29) is 0 Å². The Hall–Kier alpha value is -0.810. The SMILES string of the molecule is CCCN1CCC(CN=C(NCC)NCCC(OCC)C(C)C)CC1. The van der Waals surface area contributed by atoms with Crippen LogP contribution in [0.5, 0.6) is 0 Å². The van der Waals surface area contributed by atoms with Crippen molar-refractivity contribution in [2.45, 2.75) is 66.4 Å². The molecule has 1 heterocycles. The minimum absolute atomic E-state index is 0.322. The first-order chi connectivity index (χ1) is 12.1. The minimum Gasteiger partial charge on any atom is -0.378 e. The Morgan fingerprint density at radius 3 is 2.44 bits per heavy atom. The van der Waals surface area contributed by atoms with Crippen LogP contribution in [0.15, 0.2) is 4.99 Å². The molecule has 148 valence electrons. The lowest BCUT2D eigenvalue weighted by Gasteiger charge is -2.31. The molecule has 0 saturated carbocycles. The molecule has 0 aromatic rings. The van der Waals surface area contributed by atoms with Crippen LogP contribution >= 0.6 is 0 Å². The van der Waals surface area contributed by atoms with Gasteiger partial charge in [0.25, 0.3) is 0 Å². The number of hydrogen-bond acceptors (Lipinski definition) is 3. The fourth-order valence-corrected chi connectivity index (χ4v) is 3.43. The highest BCUT2D eigenvalue weighted by molar-refractivity contribution is 5.79. The van der Waals surface area contributed by atoms with E-state index < -0.39 is 0 Å². The predicted molar refractivity (Wildman–Crippen MR) is 108 cm³/mol. The third kappa shape index (κ3) is 9.45. The van der Waals surface area contributed by atoms with E-state index in [9.17, 15) is 0 Å². The zero-order valence-electron chi connectivity index (χ0n) is 17.3. The van der Waals surface area contributed by atoms with E-state index in [0.29, 0.717) is 12.0 Å². The molecule has 1 rings (SSSR count). The van der Waals surface area contributed by atoms with E-state index in [2.05, 4.69) is 50.2 Å². The second kappa shape index (κ2) is 13.4. The van der Waals surface area contributed by atoms with Gasteiger partial charge in [0.1, 0.15) is 0 Å². The number of guanidine groups is 1. The normalized spacial score (nSPS) is 18.6. The Bertz CT molecular complexity index is 352. The van der Waals surface area contributed by atoms with Crippen LogP contribution in [-0.4, -0.2) is 62.8 Å². The fraction of sp³-hybridized carbons (Fsp3) is 0.950. The summed E-state index contributed by atoms with van der Waals surface area (Å²) in [6.07, 6.45) is 5.16. The van der Waals surface area contributed by atoms with Gasteiger partial charge in [-0.2, -0.15) is 0 Å². The van der Waals surface area contributed by atoms with E-state index in [4.69, 9.17) is 9.73 Å². The number of nitrogens with one attached hydrogen (secondary N) is 2. The van der Waals surface area contributed by atoms with Crippen LogP contribution < -0.4 is 10.6 Å². The van der Waals surface area contributed by atoms with E-state index in [1.54, 1.807) is 0 Å². The van der Waals surface area contributed by atoms with E-state index in [1.807, 2.05) is 0 Å². The molecule has 2 N–H and O–H groups in total. The first kappa shape index (κ1) is 22.2. The zero-order chi connectivity index (χ0) is 18.5. The molecule has 0 aliphatic carbocycles. The van der Waals surface area contributed by atoms with Gasteiger partial charge in [-0.1, -0.05) is 20.8 Å². The molecule has 1 aliphatic heterocycles. The third-order valence-electron chi connectivity index (χ3n) is 4.94. The molecule has 0 aromatic heterocycles. The van der Waals surface area contributed by atoms with Crippen LogP contribution in [0.4, 0.5) is 0 Å². The Labute approximate surface area is 156 Å². The highest BCUT2D eigenvalue weighted by Crippen LogP contribution is 2.17. The van der Waals surface area contributed by atoms with Crippen molar-refractivity contribution in [3.8, 4) is 0 Å². The van der Waals surface area contributed by atoms with Crippen molar-refractivity contribution in [3.05, 3.63) is 0 Å². The van der Waals surface area contributed by atoms with Crippen molar-refractivity contribution in [2.75, 3.05) is 45.9 Å². The molecular formula is C20H42N4O. The summed E-state index contributed by atoms with van der Waals surface area (Å²) in [5, 5.41) is 6.86. The van der Waals surface area contributed by atoms with Gasteiger partial charge in [-0.25, -0.2) is 0 Å². The van der Waals surface area contributed by atoms with Crippen molar-refractivity contribution in [3.63, 3.8) is 0 Å². The molecular weight excluding hydrogens is 312 g/mol. The van der Waals surface area contributed by atoms with Gasteiger partial charge >= 0.3 is 0 Å². The summed E-state index contributed by atoms with van der Waals surface area (Å²) in [5.74, 6) is 2.24. The first-order valence-electron chi connectivity index (χ1n) is 10.5. The van der Waals surface area contributed by atoms with E-state index >= 15 is 0 Å². The summed E-state index contributed by atoms with van der Waals surface area (Å²) in [6.45, 7) is 18.2. The molecule has 0 aromatic carbocycles. The van der Waals surface area contributed by atoms with Gasteiger partial charge in [-0.05, 0) is 71.0 Å². The maximum absolute atomic E-state index is 5.83. The summed E-state index contributed by atoms with van der Waals surface area (Å²) >= 11 is 0. The van der Waals surface area contributed by atoms with Crippen LogP contribution in [0.1, 0.15) is 60.3 Å². The maximum Gasteiger partial charge on any atom is 0.191 e. The molecule has 0 bridgehead atoms. The zero-order valence-corrected chi connectivity index (χ0v) is 17.3. The van der Waals surface area contributed by atoms with Crippen LogP contribution in [0, 0.1) is 11.8 Å². The summed E-state index contributed by atoms with van der Waals surface area (Å²) < 4.78 is 5.83. The van der Waals surface area contributed by atoms with Crippen LogP contribution in [0.25, 0.3) is 0 Å². The summed E-state index contributed by atoms with van der Waals surface area (Å²) in [6, 6.07) is 0. The van der Waals surface area contributed by atoms with Crippen LogP contribution in [0.2, 0.25) is 0 Å². The quantitative estimate of drug-likeness (QED) is 0.442. The maximum atomic E-state index is 5.83. The van der Waals surface area contributed by atoms with Crippen molar-refractivity contribution < 1.29 is 4.74 Å². The summed E-state index contributed by atoms with van der Waals surface area (Å²) in [5.41, 5.74) is 0. The second-order valence-corrected chi connectivity index (χ2v) is 7.46. The molecule has 0 radical (unpaired) electrons. The van der Waals surface area contributed by atoms with Crippen LogP contribution in [-0.2, 0) is 4.74 Å². The molecule has 1 atom stereocenters. The van der Waals surface area contributed by atoms with Crippen molar-refractivity contribution in [2.24, 2.45) is 16.8 Å². The number of rotatable bonds is 11. The lowest BCUT2D eigenvalue weighted by atomic mass is 9.97. The Balaban J connectivity index is 2.36. The number of likely N-dealkylation sites (tertiary alicyclic amines) is 1. The fourth-order valence-electron chi connectivity index (χ4n) is 3.43. The number of hydrogen-bond donors (Lipinski definition) is 2. The van der Waals surface area contributed by atoms with Crippen molar-refractivity contribution in [1.82, 2.24) is 15.5 Å². The second-order valence-electron chi connectivity index (χ2n) is 7.46. The Morgan fingerprint density at radius 1 is 1.16 bits per heavy atom. The van der Waals surface area contributed by atoms with E-state index in [0.717, 1.165) is 44.5 Å². The smallest absolute Gasteiger partial charge is 0.191 e. The van der Waals surface area contributed by atoms with Gasteiger partial charge < -0.3 is 20.3 Å². The van der Waals surface area contributed by atoms with Crippen LogP contribution in [0.3, 0.4) is 0 Å². The van der Waals surface area contributed by atoms with Crippen molar-refractivity contribution >= 4 is 5.96 Å². The molecule has 5 heteroatoms. The van der Waals surface area contributed by atoms with Gasteiger partial charge in [0.2, 0.25) is 0 Å². The molecule has 0 spiro atoms. The number of nitrogens with zero attached hydrogens (tertiary/aromatic N) is 2. The van der Waals surface area contributed by atoms with Gasteiger partial charge in [0.05, 0.1) is 6.10 Å². The molecule has 1 fully saturated rings.